The number of aromatic hydroxyl groups is 1. The molecule has 1 amide bonds. The molecule has 2 atom stereocenters. The molecule has 0 spiro atoms. The maximum Gasteiger partial charge on any atom is 0.248 e. The van der Waals surface area contributed by atoms with Crippen molar-refractivity contribution in [3.63, 3.8) is 0 Å². The minimum atomic E-state index is -0.808. The summed E-state index contributed by atoms with van der Waals surface area (Å²) in [5.41, 5.74) is 7.55. The lowest BCUT2D eigenvalue weighted by Gasteiger charge is -2.22. The Labute approximate surface area is 159 Å². The summed E-state index contributed by atoms with van der Waals surface area (Å²) in [4.78, 5) is 12.0. The largest absolute Gasteiger partial charge is 0.508 e. The van der Waals surface area contributed by atoms with Crippen molar-refractivity contribution in [3.05, 3.63) is 66.2 Å². The standard InChI is InChI=1S/C21H26N2O4/c1-2-27-19(21(26)15-11-13-16(24)14-12-15)9-5-6-10-20(25)23-18-8-4-3-7-17(18)22/h3-4,6-8,10-14,19,21,24,26H,2,5,9,22H2,1H3,(H,23,25)/b10-6+/t19-,21-/m1/s1. The molecule has 6 nitrogen and oxygen atoms in total. The third-order valence-corrected chi connectivity index (χ3v) is 4.07. The smallest absolute Gasteiger partial charge is 0.248 e. The number of phenolic OH excluding ortho intramolecular Hbond substituents is 1. The summed E-state index contributed by atoms with van der Waals surface area (Å²) in [6.45, 7) is 2.33. The SMILES string of the molecule is CCO[C@H](CC/C=C/C(=O)Nc1ccccc1N)[C@H](O)c1ccc(O)cc1. The Balaban J connectivity index is 1.87. The lowest BCUT2D eigenvalue weighted by atomic mass is 10.0. The van der Waals surface area contributed by atoms with Gasteiger partial charge in [0.15, 0.2) is 0 Å². The summed E-state index contributed by atoms with van der Waals surface area (Å²) in [7, 11) is 0. The van der Waals surface area contributed by atoms with Crippen molar-refractivity contribution in [1.29, 1.82) is 0 Å². The molecule has 2 aromatic rings. The predicted octanol–water partition coefficient (Wildman–Crippen LogP) is 3.39. The van der Waals surface area contributed by atoms with Gasteiger partial charge in [-0.2, -0.15) is 0 Å². The molecular formula is C21H26N2O4. The van der Waals surface area contributed by atoms with Crippen molar-refractivity contribution in [2.45, 2.75) is 32.0 Å². The van der Waals surface area contributed by atoms with E-state index in [2.05, 4.69) is 5.32 Å². The molecule has 0 aliphatic heterocycles. The van der Waals surface area contributed by atoms with Gasteiger partial charge in [-0.05, 0) is 55.7 Å². The first-order valence-electron chi connectivity index (χ1n) is 8.92. The number of amides is 1. The van der Waals surface area contributed by atoms with Gasteiger partial charge < -0.3 is 26.0 Å². The van der Waals surface area contributed by atoms with Gasteiger partial charge in [-0.3, -0.25) is 4.79 Å². The van der Waals surface area contributed by atoms with Gasteiger partial charge >= 0.3 is 0 Å². The number of para-hydroxylation sites is 2. The molecule has 0 aliphatic rings. The molecule has 6 heteroatoms. The fraction of sp³-hybridized carbons (Fsp3) is 0.286. The number of rotatable bonds is 9. The maximum absolute atomic E-state index is 12.0. The highest BCUT2D eigenvalue weighted by Crippen LogP contribution is 2.24. The van der Waals surface area contributed by atoms with Crippen molar-refractivity contribution in [3.8, 4) is 5.75 Å². The third-order valence-electron chi connectivity index (χ3n) is 4.07. The molecule has 0 unspecified atom stereocenters. The van der Waals surface area contributed by atoms with E-state index in [1.54, 1.807) is 42.5 Å². The lowest BCUT2D eigenvalue weighted by molar-refractivity contribution is -0.111. The van der Waals surface area contributed by atoms with E-state index >= 15 is 0 Å². The monoisotopic (exact) mass is 370 g/mol. The number of phenols is 1. The minimum absolute atomic E-state index is 0.145. The van der Waals surface area contributed by atoms with E-state index in [1.165, 1.54) is 18.2 Å². The van der Waals surface area contributed by atoms with Crippen molar-refractivity contribution in [2.75, 3.05) is 17.7 Å². The lowest BCUT2D eigenvalue weighted by Crippen LogP contribution is -2.22. The van der Waals surface area contributed by atoms with Gasteiger partial charge in [0, 0.05) is 6.61 Å². The number of nitrogens with two attached hydrogens (primary N) is 1. The van der Waals surface area contributed by atoms with Crippen LogP contribution >= 0.6 is 0 Å². The van der Waals surface area contributed by atoms with Crippen molar-refractivity contribution >= 4 is 17.3 Å². The van der Waals surface area contributed by atoms with E-state index in [-0.39, 0.29) is 11.7 Å². The van der Waals surface area contributed by atoms with E-state index < -0.39 is 12.2 Å². The fourth-order valence-electron chi connectivity index (χ4n) is 2.67. The minimum Gasteiger partial charge on any atom is -0.508 e. The van der Waals surface area contributed by atoms with E-state index in [4.69, 9.17) is 10.5 Å². The Bertz CT molecular complexity index is 759. The van der Waals surface area contributed by atoms with Crippen LogP contribution in [-0.4, -0.2) is 28.8 Å². The number of aliphatic hydroxyl groups is 1. The number of carbonyl (C=O) groups excluding carboxylic acids is 1. The Morgan fingerprint density at radius 3 is 2.59 bits per heavy atom. The molecule has 0 bridgehead atoms. The summed E-state index contributed by atoms with van der Waals surface area (Å²) in [6.07, 6.45) is 3.09. The zero-order valence-electron chi connectivity index (χ0n) is 15.3. The van der Waals surface area contributed by atoms with E-state index in [1.807, 2.05) is 6.92 Å². The van der Waals surface area contributed by atoms with Gasteiger partial charge in [-0.1, -0.05) is 30.3 Å². The summed E-state index contributed by atoms with van der Waals surface area (Å²) < 4.78 is 5.64. The third kappa shape index (κ3) is 6.44. The second-order valence-electron chi connectivity index (χ2n) is 6.09. The molecule has 0 aliphatic carbocycles. The predicted molar refractivity (Wildman–Crippen MR) is 106 cm³/mol. The van der Waals surface area contributed by atoms with Crippen LogP contribution in [0.4, 0.5) is 11.4 Å². The first-order valence-corrected chi connectivity index (χ1v) is 8.92. The number of nitrogen functional groups attached to an aromatic ring is 1. The van der Waals surface area contributed by atoms with Crippen molar-refractivity contribution in [2.24, 2.45) is 0 Å². The molecule has 0 radical (unpaired) electrons. The Kier molecular flexibility index (Phi) is 7.85. The number of ether oxygens (including phenoxy) is 1. The molecule has 2 aromatic carbocycles. The van der Waals surface area contributed by atoms with Gasteiger partial charge in [0.25, 0.3) is 0 Å². The highest BCUT2D eigenvalue weighted by atomic mass is 16.5. The van der Waals surface area contributed by atoms with Crippen molar-refractivity contribution in [1.82, 2.24) is 0 Å². The maximum atomic E-state index is 12.0. The number of hydrogen-bond acceptors (Lipinski definition) is 5. The topological polar surface area (TPSA) is 105 Å². The molecular weight excluding hydrogens is 344 g/mol. The molecule has 2 rings (SSSR count). The van der Waals surface area contributed by atoms with Crippen LogP contribution in [0.25, 0.3) is 0 Å². The van der Waals surface area contributed by atoms with E-state index in [0.717, 1.165) is 0 Å². The second-order valence-corrected chi connectivity index (χ2v) is 6.09. The van der Waals surface area contributed by atoms with Gasteiger partial charge in [0.05, 0.1) is 17.5 Å². The van der Waals surface area contributed by atoms with Crippen molar-refractivity contribution < 1.29 is 19.7 Å². The van der Waals surface area contributed by atoms with Crippen LogP contribution in [0.2, 0.25) is 0 Å². The average Bonchev–Trinajstić information content (AvgIpc) is 2.66. The van der Waals surface area contributed by atoms with Gasteiger partial charge in [0.2, 0.25) is 5.91 Å². The molecule has 0 fully saturated rings. The zero-order chi connectivity index (χ0) is 19.6. The van der Waals surface area contributed by atoms with Crippen LogP contribution < -0.4 is 11.1 Å². The molecule has 27 heavy (non-hydrogen) atoms. The summed E-state index contributed by atoms with van der Waals surface area (Å²) in [5.74, 6) is -0.119. The Morgan fingerprint density at radius 2 is 1.93 bits per heavy atom. The number of carbonyl (C=O) groups is 1. The van der Waals surface area contributed by atoms with Crippen LogP contribution in [0.5, 0.6) is 5.75 Å². The first kappa shape index (κ1) is 20.5. The average molecular weight is 370 g/mol. The number of hydrogen-bond donors (Lipinski definition) is 4. The number of benzene rings is 2. The van der Waals surface area contributed by atoms with Crippen LogP contribution in [0.1, 0.15) is 31.4 Å². The Morgan fingerprint density at radius 1 is 1.22 bits per heavy atom. The highest BCUT2D eigenvalue weighted by Gasteiger charge is 2.20. The normalized spacial score (nSPS) is 13.4. The van der Waals surface area contributed by atoms with E-state index in [0.29, 0.717) is 36.4 Å². The second kappa shape index (κ2) is 10.4. The molecule has 144 valence electrons. The zero-order valence-corrected chi connectivity index (χ0v) is 15.3. The highest BCUT2D eigenvalue weighted by molar-refractivity contribution is 6.01. The summed E-state index contributed by atoms with van der Waals surface area (Å²) >= 11 is 0. The van der Waals surface area contributed by atoms with Crippen LogP contribution in [-0.2, 0) is 9.53 Å². The fourth-order valence-corrected chi connectivity index (χ4v) is 2.67. The molecule has 0 saturated heterocycles. The van der Waals surface area contributed by atoms with Crippen LogP contribution in [0.15, 0.2) is 60.7 Å². The van der Waals surface area contributed by atoms with E-state index in [9.17, 15) is 15.0 Å². The van der Waals surface area contributed by atoms with Gasteiger partial charge in [-0.15, -0.1) is 0 Å². The van der Waals surface area contributed by atoms with Crippen LogP contribution in [0, 0.1) is 0 Å². The quantitative estimate of drug-likeness (QED) is 0.400. The number of nitrogens with one attached hydrogen (secondary N) is 1. The van der Waals surface area contributed by atoms with Gasteiger partial charge in [0.1, 0.15) is 11.9 Å². The first-order chi connectivity index (χ1) is 13.0. The number of aliphatic hydroxyl groups excluding tert-OH is 1. The summed E-state index contributed by atoms with van der Waals surface area (Å²) in [5, 5.41) is 22.6. The molecule has 5 N–H and O–H groups in total. The molecule has 0 aromatic heterocycles. The molecule has 0 saturated carbocycles. The Hall–Kier alpha value is -2.83. The number of anilines is 2. The molecule has 0 heterocycles. The van der Waals surface area contributed by atoms with Gasteiger partial charge in [-0.25, -0.2) is 0 Å². The van der Waals surface area contributed by atoms with Crippen LogP contribution in [0.3, 0.4) is 0 Å². The summed E-state index contributed by atoms with van der Waals surface area (Å²) in [6, 6.07) is 13.4. The number of allylic oxidation sites excluding steroid dienone is 1.